The Morgan fingerprint density at radius 1 is 0.840 bits per heavy atom. The molecule has 0 radical (unpaired) electrons. The third kappa shape index (κ3) is 3.96. The highest BCUT2D eigenvalue weighted by Crippen LogP contribution is 2.21. The van der Waals surface area contributed by atoms with Crippen molar-refractivity contribution in [1.82, 2.24) is 13.5 Å². The first-order valence-electron chi connectivity index (χ1n) is 8.82. The van der Waals surface area contributed by atoms with Crippen molar-refractivity contribution in [3.8, 4) is 5.75 Å². The normalized spacial score (nSPS) is 21.0. The summed E-state index contributed by atoms with van der Waals surface area (Å²) in [6, 6.07) is 6.43. The fourth-order valence-electron chi connectivity index (χ4n) is 3.38. The maximum atomic E-state index is 12.8. The number of phenols is 1. The molecule has 0 spiro atoms. The van der Waals surface area contributed by atoms with E-state index in [1.54, 1.807) is 27.4 Å². The Kier molecular flexibility index (Phi) is 5.61. The van der Waals surface area contributed by atoms with Gasteiger partial charge in [0.2, 0.25) is 0 Å². The van der Waals surface area contributed by atoms with Crippen LogP contribution in [0.4, 0.5) is 0 Å². The van der Waals surface area contributed by atoms with Crippen molar-refractivity contribution < 1.29 is 18.3 Å². The highest BCUT2D eigenvalue weighted by Gasteiger charge is 2.34. The van der Waals surface area contributed by atoms with Crippen LogP contribution in [0.5, 0.6) is 5.75 Å². The third-order valence-electron chi connectivity index (χ3n) is 4.88. The molecular formula is C17H25N3O4S. The second-order valence-electron chi connectivity index (χ2n) is 6.53. The van der Waals surface area contributed by atoms with E-state index in [1.807, 2.05) is 0 Å². The van der Waals surface area contributed by atoms with E-state index in [1.165, 1.54) is 10.4 Å². The second kappa shape index (κ2) is 7.72. The van der Waals surface area contributed by atoms with E-state index >= 15 is 0 Å². The summed E-state index contributed by atoms with van der Waals surface area (Å²) in [4.78, 5) is 14.1. The second-order valence-corrected chi connectivity index (χ2v) is 8.46. The monoisotopic (exact) mass is 367 g/mol. The van der Waals surface area contributed by atoms with Gasteiger partial charge in [0.1, 0.15) is 5.75 Å². The van der Waals surface area contributed by atoms with Crippen LogP contribution in [0.2, 0.25) is 0 Å². The van der Waals surface area contributed by atoms with E-state index < -0.39 is 10.2 Å². The zero-order valence-corrected chi connectivity index (χ0v) is 15.1. The summed E-state index contributed by atoms with van der Waals surface area (Å²) in [6.45, 7) is 2.41. The average molecular weight is 367 g/mol. The molecule has 138 valence electrons. The number of aromatic hydroxyl groups is 1. The summed E-state index contributed by atoms with van der Waals surface area (Å²) in [6.07, 6.45) is 3.97. The number of phenolic OH excluding ortho intramolecular Hbond substituents is 1. The number of hydrogen-bond acceptors (Lipinski definition) is 4. The molecule has 2 saturated heterocycles. The smallest absolute Gasteiger partial charge is 0.282 e. The van der Waals surface area contributed by atoms with Gasteiger partial charge in [-0.25, -0.2) is 0 Å². The Bertz CT molecular complexity index is 706. The topological polar surface area (TPSA) is 81.2 Å². The van der Waals surface area contributed by atoms with Crippen LogP contribution in [0.15, 0.2) is 24.3 Å². The van der Waals surface area contributed by atoms with Crippen molar-refractivity contribution in [3.05, 3.63) is 29.8 Å². The maximum absolute atomic E-state index is 12.8. The summed E-state index contributed by atoms with van der Waals surface area (Å²) in [5.41, 5.74) is 0.256. The minimum atomic E-state index is -3.45. The number of nitrogens with zero attached hydrogens (tertiary/aromatic N) is 3. The van der Waals surface area contributed by atoms with Crippen LogP contribution in [0.1, 0.15) is 36.0 Å². The van der Waals surface area contributed by atoms with E-state index in [-0.39, 0.29) is 30.3 Å². The minimum absolute atomic E-state index is 0.0490. The van der Waals surface area contributed by atoms with Gasteiger partial charge in [-0.15, -0.1) is 0 Å². The van der Waals surface area contributed by atoms with Crippen LogP contribution in [0.3, 0.4) is 0 Å². The quantitative estimate of drug-likeness (QED) is 0.872. The first kappa shape index (κ1) is 18.2. The van der Waals surface area contributed by atoms with Gasteiger partial charge in [-0.05, 0) is 25.0 Å². The molecule has 1 amide bonds. The third-order valence-corrected chi connectivity index (χ3v) is 6.91. The molecule has 1 N–H and O–H groups in total. The Labute approximate surface area is 149 Å². The number of rotatable bonds is 3. The Hall–Kier alpha value is -1.64. The highest BCUT2D eigenvalue weighted by molar-refractivity contribution is 7.86. The van der Waals surface area contributed by atoms with Crippen molar-refractivity contribution >= 4 is 16.1 Å². The van der Waals surface area contributed by atoms with E-state index in [4.69, 9.17) is 0 Å². The van der Waals surface area contributed by atoms with Crippen LogP contribution < -0.4 is 0 Å². The van der Waals surface area contributed by atoms with E-state index in [2.05, 4.69) is 0 Å². The van der Waals surface area contributed by atoms with Crippen molar-refractivity contribution in [1.29, 1.82) is 0 Å². The standard InChI is InChI=1S/C17H25N3O4S/c21-16-8-4-3-7-15(16)17(22)18-11-13-20(14-12-18)25(23,24)19-9-5-1-2-6-10-19/h3-4,7-8,21H,1-2,5-6,9-14H2. The Balaban J connectivity index is 1.63. The molecule has 2 fully saturated rings. The van der Waals surface area contributed by atoms with Gasteiger partial charge in [-0.3, -0.25) is 4.79 Å². The highest BCUT2D eigenvalue weighted by atomic mass is 32.2. The number of carbonyl (C=O) groups is 1. The number of benzene rings is 1. The molecule has 1 aromatic rings. The molecule has 3 rings (SSSR count). The van der Waals surface area contributed by atoms with Crippen LogP contribution in [-0.2, 0) is 10.2 Å². The molecule has 7 nitrogen and oxygen atoms in total. The van der Waals surface area contributed by atoms with Gasteiger partial charge in [0.05, 0.1) is 5.56 Å². The number of carbonyl (C=O) groups excluding carboxylic acids is 1. The fraction of sp³-hybridized carbons (Fsp3) is 0.588. The zero-order chi connectivity index (χ0) is 17.9. The lowest BCUT2D eigenvalue weighted by Crippen LogP contribution is -2.54. The van der Waals surface area contributed by atoms with Gasteiger partial charge in [-0.1, -0.05) is 25.0 Å². The lowest BCUT2D eigenvalue weighted by molar-refractivity contribution is 0.0691. The SMILES string of the molecule is O=C(c1ccccc1O)N1CCN(S(=O)(=O)N2CCCCCC2)CC1. The van der Waals surface area contributed by atoms with Gasteiger partial charge in [-0.2, -0.15) is 17.0 Å². The maximum Gasteiger partial charge on any atom is 0.282 e. The van der Waals surface area contributed by atoms with Gasteiger partial charge in [0.15, 0.2) is 0 Å². The molecule has 0 aliphatic carbocycles. The molecule has 0 saturated carbocycles. The van der Waals surface area contributed by atoms with E-state index in [0.717, 1.165) is 25.7 Å². The van der Waals surface area contributed by atoms with Crippen LogP contribution in [-0.4, -0.2) is 72.2 Å². The van der Waals surface area contributed by atoms with Crippen molar-refractivity contribution in [2.75, 3.05) is 39.3 Å². The van der Waals surface area contributed by atoms with E-state index in [0.29, 0.717) is 26.2 Å². The lowest BCUT2D eigenvalue weighted by atomic mass is 10.1. The van der Waals surface area contributed by atoms with Crippen molar-refractivity contribution in [2.45, 2.75) is 25.7 Å². The van der Waals surface area contributed by atoms with Gasteiger partial charge in [0, 0.05) is 39.3 Å². The first-order valence-corrected chi connectivity index (χ1v) is 10.2. The van der Waals surface area contributed by atoms with Crippen molar-refractivity contribution in [2.24, 2.45) is 0 Å². The molecule has 2 aliphatic rings. The van der Waals surface area contributed by atoms with Gasteiger partial charge < -0.3 is 10.0 Å². The predicted molar refractivity (Wildman–Crippen MR) is 94.5 cm³/mol. The average Bonchev–Trinajstić information content (AvgIpc) is 2.92. The van der Waals surface area contributed by atoms with Gasteiger partial charge in [0.25, 0.3) is 16.1 Å². The molecule has 0 atom stereocenters. The predicted octanol–water partition coefficient (Wildman–Crippen LogP) is 1.27. The minimum Gasteiger partial charge on any atom is -0.507 e. The number of piperazine rings is 1. The fourth-order valence-corrected chi connectivity index (χ4v) is 5.05. The van der Waals surface area contributed by atoms with Gasteiger partial charge >= 0.3 is 0 Å². The summed E-state index contributed by atoms with van der Waals surface area (Å²) in [7, 11) is -3.45. The summed E-state index contributed by atoms with van der Waals surface area (Å²) < 4.78 is 28.7. The summed E-state index contributed by atoms with van der Waals surface area (Å²) in [5, 5.41) is 9.83. The number of hydrogen-bond donors (Lipinski definition) is 1. The number of para-hydroxylation sites is 1. The van der Waals surface area contributed by atoms with Crippen LogP contribution in [0, 0.1) is 0 Å². The van der Waals surface area contributed by atoms with Crippen molar-refractivity contribution in [3.63, 3.8) is 0 Å². The zero-order valence-electron chi connectivity index (χ0n) is 14.3. The molecule has 0 unspecified atom stereocenters. The molecule has 2 heterocycles. The van der Waals surface area contributed by atoms with Crippen LogP contribution in [0.25, 0.3) is 0 Å². The summed E-state index contributed by atoms with van der Waals surface area (Å²) in [5.74, 6) is -0.308. The number of amides is 1. The van der Waals surface area contributed by atoms with Crippen LogP contribution >= 0.6 is 0 Å². The largest absolute Gasteiger partial charge is 0.507 e. The Morgan fingerprint density at radius 3 is 2.00 bits per heavy atom. The molecule has 2 aliphatic heterocycles. The molecular weight excluding hydrogens is 342 g/mol. The Morgan fingerprint density at radius 2 is 1.40 bits per heavy atom. The molecule has 0 bridgehead atoms. The lowest BCUT2D eigenvalue weighted by Gasteiger charge is -2.36. The molecule has 0 aromatic heterocycles. The van der Waals surface area contributed by atoms with E-state index in [9.17, 15) is 18.3 Å². The molecule has 8 heteroatoms. The first-order chi connectivity index (χ1) is 12.0. The molecule has 1 aromatic carbocycles. The molecule has 25 heavy (non-hydrogen) atoms. The summed E-state index contributed by atoms with van der Waals surface area (Å²) >= 11 is 0.